The lowest BCUT2D eigenvalue weighted by atomic mass is 10.00. The molecule has 0 aliphatic rings. The molecular formula is C22H15N3O2. The van der Waals surface area contributed by atoms with Gasteiger partial charge in [-0.25, -0.2) is 4.98 Å². The van der Waals surface area contributed by atoms with Crippen LogP contribution in [0, 0.1) is 10.1 Å². The minimum Gasteiger partial charge on any atom is -0.327 e. The van der Waals surface area contributed by atoms with Gasteiger partial charge in [-0.3, -0.25) is 10.1 Å². The van der Waals surface area contributed by atoms with E-state index in [0.29, 0.717) is 0 Å². The maximum Gasteiger partial charge on any atom is 0.269 e. The molecule has 1 heterocycles. The predicted molar refractivity (Wildman–Crippen MR) is 108 cm³/mol. The molecule has 0 spiro atoms. The fourth-order valence-electron chi connectivity index (χ4n) is 3.83. The van der Waals surface area contributed by atoms with E-state index in [1.54, 1.807) is 12.1 Å². The molecule has 0 aliphatic heterocycles. The van der Waals surface area contributed by atoms with Gasteiger partial charge in [0.05, 0.1) is 16.0 Å². The lowest BCUT2D eigenvalue weighted by Crippen LogP contribution is -1.94. The van der Waals surface area contributed by atoms with Crippen molar-refractivity contribution in [3.8, 4) is 11.4 Å². The lowest BCUT2D eigenvalue weighted by Gasteiger charge is -2.08. The number of aryl methyl sites for hydroxylation is 1. The number of benzene rings is 4. The third-order valence-corrected chi connectivity index (χ3v) is 5.09. The number of hydrogen-bond acceptors (Lipinski definition) is 3. The normalized spacial score (nSPS) is 11.4. The van der Waals surface area contributed by atoms with E-state index in [4.69, 9.17) is 4.98 Å². The number of nitrogens with zero attached hydrogens (tertiary/aromatic N) is 3. The number of non-ortho nitro benzene ring substituents is 1. The minimum atomic E-state index is -0.389. The van der Waals surface area contributed by atoms with Gasteiger partial charge in [0.1, 0.15) is 5.82 Å². The van der Waals surface area contributed by atoms with Gasteiger partial charge in [-0.1, -0.05) is 48.5 Å². The molecular weight excluding hydrogens is 338 g/mol. The Bertz CT molecular complexity index is 1350. The maximum absolute atomic E-state index is 10.9. The molecule has 0 aliphatic carbocycles. The number of nitro benzene ring substituents is 1. The fourth-order valence-corrected chi connectivity index (χ4v) is 3.83. The first-order valence-corrected chi connectivity index (χ1v) is 8.66. The summed E-state index contributed by atoms with van der Waals surface area (Å²) in [6.45, 7) is 0. The third kappa shape index (κ3) is 2.22. The highest BCUT2D eigenvalue weighted by Crippen LogP contribution is 2.36. The first-order chi connectivity index (χ1) is 13.1. The van der Waals surface area contributed by atoms with E-state index in [1.807, 2.05) is 31.3 Å². The molecule has 0 fully saturated rings. The number of hydrogen-bond donors (Lipinski definition) is 0. The smallest absolute Gasteiger partial charge is 0.269 e. The molecule has 1 aromatic heterocycles. The second-order valence-corrected chi connectivity index (χ2v) is 6.59. The summed E-state index contributed by atoms with van der Waals surface area (Å²) in [5.41, 5.74) is 2.94. The van der Waals surface area contributed by atoms with Crippen LogP contribution in [0.15, 0.2) is 72.8 Å². The summed E-state index contributed by atoms with van der Waals surface area (Å²) in [5.74, 6) is 0.793. The predicted octanol–water partition coefficient (Wildman–Crippen LogP) is 5.45. The third-order valence-electron chi connectivity index (χ3n) is 5.09. The summed E-state index contributed by atoms with van der Waals surface area (Å²) >= 11 is 0. The van der Waals surface area contributed by atoms with Gasteiger partial charge in [0.15, 0.2) is 0 Å². The van der Waals surface area contributed by atoms with E-state index < -0.39 is 0 Å². The lowest BCUT2D eigenvalue weighted by molar-refractivity contribution is -0.384. The first kappa shape index (κ1) is 15.5. The Kier molecular flexibility index (Phi) is 3.24. The summed E-state index contributed by atoms with van der Waals surface area (Å²) in [5, 5.41) is 15.6. The summed E-state index contributed by atoms with van der Waals surface area (Å²) in [6, 6.07) is 23.2. The Morgan fingerprint density at radius 3 is 2.00 bits per heavy atom. The monoisotopic (exact) mass is 353 g/mol. The summed E-state index contributed by atoms with van der Waals surface area (Å²) in [7, 11) is 1.99. The van der Waals surface area contributed by atoms with Crippen LogP contribution in [0.2, 0.25) is 0 Å². The molecule has 5 heteroatoms. The molecule has 0 bridgehead atoms. The molecule has 0 amide bonds. The highest BCUT2D eigenvalue weighted by molar-refractivity contribution is 6.23. The van der Waals surface area contributed by atoms with Crippen LogP contribution >= 0.6 is 0 Å². The molecule has 0 unspecified atom stereocenters. The Labute approximate surface area is 154 Å². The van der Waals surface area contributed by atoms with Crippen molar-refractivity contribution in [2.45, 2.75) is 0 Å². The van der Waals surface area contributed by atoms with Crippen LogP contribution in [0.3, 0.4) is 0 Å². The van der Waals surface area contributed by atoms with Gasteiger partial charge in [-0.2, -0.15) is 0 Å². The zero-order valence-electron chi connectivity index (χ0n) is 14.6. The van der Waals surface area contributed by atoms with Crippen LogP contribution in [-0.4, -0.2) is 14.5 Å². The van der Waals surface area contributed by atoms with Gasteiger partial charge in [0.25, 0.3) is 5.69 Å². The van der Waals surface area contributed by atoms with Crippen molar-refractivity contribution in [1.82, 2.24) is 9.55 Å². The topological polar surface area (TPSA) is 61.0 Å². The number of aromatic nitrogens is 2. The first-order valence-electron chi connectivity index (χ1n) is 8.66. The second-order valence-electron chi connectivity index (χ2n) is 6.59. The van der Waals surface area contributed by atoms with Gasteiger partial charge in [0.2, 0.25) is 0 Å². The van der Waals surface area contributed by atoms with Crippen LogP contribution in [0.1, 0.15) is 0 Å². The minimum absolute atomic E-state index is 0.0772. The molecule has 0 atom stereocenters. The zero-order chi connectivity index (χ0) is 18.5. The van der Waals surface area contributed by atoms with Crippen molar-refractivity contribution in [3.05, 3.63) is 82.9 Å². The average Bonchev–Trinajstić information content (AvgIpc) is 3.06. The molecule has 4 aromatic carbocycles. The number of rotatable bonds is 2. The zero-order valence-corrected chi connectivity index (χ0v) is 14.6. The second kappa shape index (κ2) is 5.64. The van der Waals surface area contributed by atoms with E-state index in [-0.39, 0.29) is 10.6 Å². The Balaban J connectivity index is 1.89. The van der Waals surface area contributed by atoms with Crippen LogP contribution in [-0.2, 0) is 7.05 Å². The van der Waals surface area contributed by atoms with Gasteiger partial charge < -0.3 is 4.57 Å². The van der Waals surface area contributed by atoms with Gasteiger partial charge in [-0.05, 0) is 22.9 Å². The highest BCUT2D eigenvalue weighted by Gasteiger charge is 2.17. The van der Waals surface area contributed by atoms with Crippen LogP contribution in [0.25, 0.3) is 44.0 Å². The number of fused-ring (bicyclic) bond motifs is 6. The molecule has 27 heavy (non-hydrogen) atoms. The maximum atomic E-state index is 10.9. The molecule has 0 saturated heterocycles. The average molecular weight is 353 g/mol. The van der Waals surface area contributed by atoms with E-state index in [9.17, 15) is 10.1 Å². The summed E-state index contributed by atoms with van der Waals surface area (Å²) < 4.78 is 2.07. The largest absolute Gasteiger partial charge is 0.327 e. The van der Waals surface area contributed by atoms with Crippen molar-refractivity contribution in [3.63, 3.8) is 0 Å². The summed E-state index contributed by atoms with van der Waals surface area (Å²) in [4.78, 5) is 15.5. The Morgan fingerprint density at radius 2 is 1.37 bits per heavy atom. The number of imidazole rings is 1. The van der Waals surface area contributed by atoms with Gasteiger partial charge in [-0.15, -0.1) is 0 Å². The van der Waals surface area contributed by atoms with E-state index in [0.717, 1.165) is 33.2 Å². The highest BCUT2D eigenvalue weighted by atomic mass is 16.6. The van der Waals surface area contributed by atoms with Crippen LogP contribution in [0.5, 0.6) is 0 Å². The van der Waals surface area contributed by atoms with Crippen LogP contribution in [0.4, 0.5) is 5.69 Å². The van der Waals surface area contributed by atoms with Crippen molar-refractivity contribution < 1.29 is 4.92 Å². The molecule has 0 N–H and O–H groups in total. The summed E-state index contributed by atoms with van der Waals surface area (Å²) in [6.07, 6.45) is 0. The fraction of sp³-hybridized carbons (Fsp3) is 0.0455. The molecule has 0 radical (unpaired) electrons. The SMILES string of the molecule is Cn1c(-c2ccc([N+](=O)[O-])cc2)nc2c3ccccc3c3ccccc3c21. The standard InChI is InChI=1S/C22H15N3O2/c1-24-21-19-9-5-3-7-17(19)16-6-2-4-8-18(16)20(21)23-22(24)14-10-12-15(13-11-14)25(26)27/h2-13H,1H3. The van der Waals surface area contributed by atoms with E-state index in [1.165, 1.54) is 22.9 Å². The van der Waals surface area contributed by atoms with Gasteiger partial charge in [0, 0.05) is 35.5 Å². The molecule has 130 valence electrons. The molecule has 5 nitrogen and oxygen atoms in total. The Morgan fingerprint density at radius 1 is 0.815 bits per heavy atom. The van der Waals surface area contributed by atoms with Crippen LogP contribution < -0.4 is 0 Å². The van der Waals surface area contributed by atoms with Crippen molar-refractivity contribution in [1.29, 1.82) is 0 Å². The Hall–Kier alpha value is -3.73. The number of nitro groups is 1. The quantitative estimate of drug-likeness (QED) is 0.241. The van der Waals surface area contributed by atoms with E-state index in [2.05, 4.69) is 28.8 Å². The molecule has 5 rings (SSSR count). The van der Waals surface area contributed by atoms with Gasteiger partial charge >= 0.3 is 0 Å². The van der Waals surface area contributed by atoms with Crippen molar-refractivity contribution >= 4 is 38.3 Å². The van der Waals surface area contributed by atoms with E-state index >= 15 is 0 Å². The van der Waals surface area contributed by atoms with Crippen molar-refractivity contribution in [2.24, 2.45) is 7.05 Å². The molecule has 5 aromatic rings. The van der Waals surface area contributed by atoms with Crippen molar-refractivity contribution in [2.75, 3.05) is 0 Å². The molecule has 0 saturated carbocycles.